The van der Waals surface area contributed by atoms with Crippen molar-refractivity contribution in [1.29, 1.82) is 0 Å². The maximum absolute atomic E-state index is 13.4. The molecule has 12 nitrogen and oxygen atoms in total. The third kappa shape index (κ3) is 6.59. The zero-order valence-corrected chi connectivity index (χ0v) is 24.3. The van der Waals surface area contributed by atoms with Crippen LogP contribution in [0.3, 0.4) is 0 Å². The summed E-state index contributed by atoms with van der Waals surface area (Å²) in [6.07, 6.45) is 5.19. The number of aromatic nitrogens is 3. The van der Waals surface area contributed by atoms with Gasteiger partial charge in [0.1, 0.15) is 11.7 Å². The number of H-pyrrole nitrogens is 2. The molecule has 1 aliphatic rings. The molecule has 12 heteroatoms. The van der Waals surface area contributed by atoms with Crippen molar-refractivity contribution in [1.82, 2.24) is 19.9 Å². The van der Waals surface area contributed by atoms with Gasteiger partial charge in [-0.05, 0) is 37.5 Å². The van der Waals surface area contributed by atoms with Gasteiger partial charge < -0.3 is 19.4 Å². The fourth-order valence-corrected chi connectivity index (χ4v) is 4.56. The average molecular weight is 578 g/mol. The van der Waals surface area contributed by atoms with Crippen LogP contribution in [0.25, 0.3) is 23.2 Å². The highest BCUT2D eigenvalue weighted by molar-refractivity contribution is 6.01. The van der Waals surface area contributed by atoms with Crippen LogP contribution < -0.4 is 10.9 Å². The summed E-state index contributed by atoms with van der Waals surface area (Å²) in [5.41, 5.74) is 1.71. The fraction of sp³-hybridized carbons (Fsp3) is 0.400. The molecule has 0 aliphatic carbocycles. The van der Waals surface area contributed by atoms with Gasteiger partial charge in [-0.25, -0.2) is 4.79 Å². The van der Waals surface area contributed by atoms with Gasteiger partial charge in [0.05, 0.1) is 18.6 Å². The van der Waals surface area contributed by atoms with E-state index >= 15 is 0 Å². The number of amides is 2. The van der Waals surface area contributed by atoms with Crippen LogP contribution in [0.15, 0.2) is 29.2 Å². The largest absolute Gasteiger partial charge is 0.466 e. The van der Waals surface area contributed by atoms with Gasteiger partial charge in [0.2, 0.25) is 11.9 Å². The Balaban J connectivity index is 1.54. The lowest BCUT2D eigenvalue weighted by Crippen LogP contribution is -2.42. The lowest BCUT2D eigenvalue weighted by Gasteiger charge is -2.25. The number of ether oxygens (including phenoxy) is 2. The van der Waals surface area contributed by atoms with Crippen LogP contribution in [-0.4, -0.2) is 62.9 Å². The van der Waals surface area contributed by atoms with E-state index in [0.29, 0.717) is 27.7 Å². The van der Waals surface area contributed by atoms with E-state index < -0.39 is 29.0 Å². The molecule has 3 N–H and O–H groups in total. The zero-order chi connectivity index (χ0) is 30.6. The summed E-state index contributed by atoms with van der Waals surface area (Å²) in [5.74, 6) is -1.58. The summed E-state index contributed by atoms with van der Waals surface area (Å²) in [6.45, 7) is 9.24. The highest BCUT2D eigenvalue weighted by Gasteiger charge is 2.37. The van der Waals surface area contributed by atoms with Gasteiger partial charge in [-0.1, -0.05) is 45.1 Å². The number of benzene rings is 1. The molecule has 1 atom stereocenters. The average Bonchev–Trinajstić information content (AvgIpc) is 3.48. The van der Waals surface area contributed by atoms with E-state index in [2.05, 4.69) is 20.3 Å². The van der Waals surface area contributed by atoms with Crippen LogP contribution in [0.2, 0.25) is 0 Å². The summed E-state index contributed by atoms with van der Waals surface area (Å²) in [4.78, 5) is 74.5. The van der Waals surface area contributed by atoms with Crippen molar-refractivity contribution in [3.05, 3.63) is 57.0 Å². The van der Waals surface area contributed by atoms with E-state index in [4.69, 9.17) is 9.47 Å². The Bertz CT molecular complexity index is 1610. The molecule has 2 amide bonds. The molecule has 0 bridgehead atoms. The molecule has 1 aromatic carbocycles. The third-order valence-corrected chi connectivity index (χ3v) is 6.77. The Hall–Kier alpha value is -4.74. The number of aromatic amines is 2. The van der Waals surface area contributed by atoms with Crippen molar-refractivity contribution in [2.45, 2.75) is 60.0 Å². The molecule has 0 fully saturated rings. The predicted octanol–water partition coefficient (Wildman–Crippen LogP) is 3.64. The van der Waals surface area contributed by atoms with Gasteiger partial charge in [0.25, 0.3) is 11.5 Å². The summed E-state index contributed by atoms with van der Waals surface area (Å²) >= 11 is 0. The lowest BCUT2D eigenvalue weighted by molar-refractivity contribution is -0.150. The maximum atomic E-state index is 13.4. The first-order chi connectivity index (χ1) is 19.9. The summed E-state index contributed by atoms with van der Waals surface area (Å²) in [5, 5.41) is 2.94. The Morgan fingerprint density at radius 3 is 2.55 bits per heavy atom. The number of fused-ring (bicyclic) bond motifs is 2. The van der Waals surface area contributed by atoms with Gasteiger partial charge in [0, 0.05) is 35.7 Å². The van der Waals surface area contributed by atoms with Gasteiger partial charge in [-0.2, -0.15) is 4.98 Å². The van der Waals surface area contributed by atoms with E-state index in [9.17, 15) is 24.0 Å². The van der Waals surface area contributed by atoms with E-state index in [1.54, 1.807) is 59.0 Å². The monoisotopic (exact) mass is 577 g/mol. The van der Waals surface area contributed by atoms with Crippen molar-refractivity contribution in [2.75, 3.05) is 18.5 Å². The van der Waals surface area contributed by atoms with Crippen LogP contribution in [0.4, 0.5) is 5.95 Å². The molecule has 3 heterocycles. The number of carbonyl (C=O) groups is 4. The van der Waals surface area contributed by atoms with E-state index in [-0.39, 0.29) is 50.4 Å². The Morgan fingerprint density at radius 2 is 1.86 bits per heavy atom. The summed E-state index contributed by atoms with van der Waals surface area (Å²) in [6, 6.07) is 4.45. The van der Waals surface area contributed by atoms with E-state index in [1.165, 1.54) is 4.90 Å². The number of rotatable bonds is 10. The first kappa shape index (κ1) is 30.2. The number of hydrogen-bond donors (Lipinski definition) is 3. The first-order valence-electron chi connectivity index (χ1n) is 13.8. The van der Waals surface area contributed by atoms with Crippen LogP contribution in [0, 0.1) is 5.41 Å². The van der Waals surface area contributed by atoms with Gasteiger partial charge in [-0.3, -0.25) is 29.5 Å². The highest BCUT2D eigenvalue weighted by Crippen LogP contribution is 2.29. The molecule has 0 radical (unpaired) electrons. The topological polar surface area (TPSA) is 164 Å². The van der Waals surface area contributed by atoms with E-state index in [0.717, 1.165) is 5.56 Å². The Morgan fingerprint density at radius 1 is 1.12 bits per heavy atom. The fourth-order valence-electron chi connectivity index (χ4n) is 4.56. The van der Waals surface area contributed by atoms with Gasteiger partial charge >= 0.3 is 11.9 Å². The predicted molar refractivity (Wildman–Crippen MR) is 156 cm³/mol. The zero-order valence-electron chi connectivity index (χ0n) is 24.3. The molecule has 0 unspecified atom stereocenters. The molecule has 3 aromatic rings. The summed E-state index contributed by atoms with van der Waals surface area (Å²) in [7, 11) is 0. The Labute approximate surface area is 242 Å². The second kappa shape index (κ2) is 12.4. The SMILES string of the molecule is CCOC(=O)CC[C@@H](C(=O)OCC)N1Cc2ccc(/C=C/c3c[nH]c4nc(NC(=O)C(C)(C)C)[nH]c(=O)c34)cc2C1=O. The maximum Gasteiger partial charge on any atom is 0.328 e. The van der Waals surface area contributed by atoms with Crippen molar-refractivity contribution in [3.8, 4) is 0 Å². The van der Waals surface area contributed by atoms with Crippen LogP contribution in [0.1, 0.15) is 74.5 Å². The number of carbonyl (C=O) groups excluding carboxylic acids is 4. The molecular weight excluding hydrogens is 542 g/mol. The Kier molecular flexibility index (Phi) is 8.93. The minimum atomic E-state index is -0.920. The standard InChI is InChI=1S/C30H35N5O7/c1-6-41-22(36)13-12-21(27(39)42-7-2)35-16-19-11-9-17(14-20(19)26(35)38)8-10-18-15-31-24-23(18)25(37)33-29(32-24)34-28(40)30(3,4)5/h8-11,14-15,21H,6-7,12-13,16H2,1-5H3,(H3,31,32,33,34,37,40)/b10-8+/t21-/m0/s1. The van der Waals surface area contributed by atoms with Gasteiger partial charge in [-0.15, -0.1) is 0 Å². The van der Waals surface area contributed by atoms with Crippen LogP contribution >= 0.6 is 0 Å². The minimum Gasteiger partial charge on any atom is -0.466 e. The van der Waals surface area contributed by atoms with Crippen molar-refractivity contribution in [3.63, 3.8) is 0 Å². The van der Waals surface area contributed by atoms with Crippen molar-refractivity contribution in [2.24, 2.45) is 5.41 Å². The molecule has 2 aromatic heterocycles. The third-order valence-electron chi connectivity index (χ3n) is 6.77. The molecule has 1 aliphatic heterocycles. The second-order valence-corrected chi connectivity index (χ2v) is 10.9. The molecule has 4 rings (SSSR count). The first-order valence-corrected chi connectivity index (χ1v) is 13.8. The molecule has 222 valence electrons. The number of esters is 2. The minimum absolute atomic E-state index is 0.0193. The molecule has 0 spiro atoms. The van der Waals surface area contributed by atoms with E-state index in [1.807, 2.05) is 12.1 Å². The van der Waals surface area contributed by atoms with Gasteiger partial charge in [0.15, 0.2) is 0 Å². The summed E-state index contributed by atoms with van der Waals surface area (Å²) < 4.78 is 10.2. The molecule has 0 saturated heterocycles. The van der Waals surface area contributed by atoms with Crippen LogP contribution in [-0.2, 0) is 30.4 Å². The number of nitrogens with zero attached hydrogens (tertiary/aromatic N) is 2. The molecule has 42 heavy (non-hydrogen) atoms. The smallest absolute Gasteiger partial charge is 0.328 e. The molecular formula is C30H35N5O7. The highest BCUT2D eigenvalue weighted by atomic mass is 16.5. The van der Waals surface area contributed by atoms with Crippen LogP contribution in [0.5, 0.6) is 0 Å². The quantitative estimate of drug-likeness (QED) is 0.308. The van der Waals surface area contributed by atoms with Crippen molar-refractivity contribution < 1.29 is 28.7 Å². The lowest BCUT2D eigenvalue weighted by atomic mass is 9.96. The molecule has 0 saturated carbocycles. The number of hydrogen-bond acceptors (Lipinski definition) is 8. The second-order valence-electron chi connectivity index (χ2n) is 10.9. The normalized spacial score (nSPS) is 13.8. The number of nitrogens with one attached hydrogen (secondary N) is 3. The number of anilines is 1. The van der Waals surface area contributed by atoms with Crippen molar-refractivity contribution >= 4 is 52.9 Å².